The molecule has 0 N–H and O–H groups in total. The summed E-state index contributed by atoms with van der Waals surface area (Å²) in [6.07, 6.45) is 2.74. The molecule has 0 rings (SSSR count). The average molecular weight is 250 g/mol. The molecule has 12 heavy (non-hydrogen) atoms. The number of hydrogen-bond acceptors (Lipinski definition) is 0. The van der Waals surface area contributed by atoms with Gasteiger partial charge >= 0.3 is 50.9 Å². The molecule has 0 bridgehead atoms. The summed E-state index contributed by atoms with van der Waals surface area (Å²) in [5, 5.41) is 4.56. The van der Waals surface area contributed by atoms with Crippen molar-refractivity contribution in [3.8, 4) is 0 Å². The van der Waals surface area contributed by atoms with Crippen molar-refractivity contribution >= 4 is 22.9 Å². The molecule has 0 aromatic carbocycles. The van der Waals surface area contributed by atoms with E-state index in [0.717, 1.165) is 0 Å². The van der Waals surface area contributed by atoms with Crippen LogP contribution in [0.3, 0.4) is 0 Å². The first-order valence-corrected chi connectivity index (χ1v) is 11.2. The summed E-state index contributed by atoms with van der Waals surface area (Å²) in [5.74, 6) is 0. The van der Waals surface area contributed by atoms with Gasteiger partial charge in [0, 0.05) is 0 Å². The van der Waals surface area contributed by atoms with E-state index in [-0.39, 0.29) is 0 Å². The third-order valence-electron chi connectivity index (χ3n) is 2.00. The Kier molecular flexibility index (Phi) is 18.7. The molecule has 75 valence electrons. The Morgan fingerprint density at radius 1 is 0.750 bits per heavy atom. The Labute approximate surface area is 85.8 Å². The fourth-order valence-corrected chi connectivity index (χ4v) is 4.65. The van der Waals surface area contributed by atoms with Crippen LogP contribution in [0.5, 0.6) is 0 Å². The van der Waals surface area contributed by atoms with Gasteiger partial charge in [0.25, 0.3) is 0 Å². The van der Waals surface area contributed by atoms with Crippen molar-refractivity contribution in [3.63, 3.8) is 0 Å². The van der Waals surface area contributed by atoms with Crippen molar-refractivity contribution in [2.75, 3.05) is 12.3 Å². The van der Waals surface area contributed by atoms with Crippen molar-refractivity contribution in [2.45, 2.75) is 50.4 Å². The standard InChI is InChI=1S/C6H15Ge.C4H11P/c1-4-7(5-2)6-3;1-3-5-4-2/h4-6H2,1-3H3;5H,3-4H2,1-2H3. The maximum atomic E-state index is 2.34. The van der Waals surface area contributed by atoms with Gasteiger partial charge in [0.2, 0.25) is 0 Å². The zero-order valence-electron chi connectivity index (χ0n) is 9.54. The van der Waals surface area contributed by atoms with Crippen LogP contribution >= 0.6 is 8.58 Å². The first-order valence-electron chi connectivity index (χ1n) is 5.30. The molecule has 1 radical (unpaired) electrons. The third kappa shape index (κ3) is 13.6. The topological polar surface area (TPSA) is 0 Å². The Morgan fingerprint density at radius 3 is 1.08 bits per heavy atom. The molecular weight excluding hydrogens is 224 g/mol. The van der Waals surface area contributed by atoms with E-state index in [2.05, 4.69) is 34.6 Å². The SMILES string of the molecule is CCPCC.C[CH2][Ge]([CH2]C)[CH2]C. The zero-order chi connectivity index (χ0) is 9.82. The second-order valence-corrected chi connectivity index (χ2v) is 12.3. The van der Waals surface area contributed by atoms with E-state index in [1.54, 1.807) is 0 Å². The summed E-state index contributed by atoms with van der Waals surface area (Å²) in [5.41, 5.74) is 0. The van der Waals surface area contributed by atoms with Crippen LogP contribution in [0.25, 0.3) is 0 Å². The van der Waals surface area contributed by atoms with Crippen LogP contribution in [0.15, 0.2) is 0 Å². The summed E-state index contributed by atoms with van der Waals surface area (Å²) in [6, 6.07) is 0. The third-order valence-corrected chi connectivity index (χ3v) is 9.29. The Balaban J connectivity index is 0. The first-order chi connectivity index (χ1) is 5.76. The number of rotatable bonds is 5. The van der Waals surface area contributed by atoms with E-state index < -0.39 is 14.3 Å². The molecule has 0 aliphatic rings. The maximum absolute atomic E-state index is 2.34. The van der Waals surface area contributed by atoms with Crippen molar-refractivity contribution in [3.05, 3.63) is 0 Å². The van der Waals surface area contributed by atoms with Crippen molar-refractivity contribution < 1.29 is 0 Å². The van der Waals surface area contributed by atoms with Gasteiger partial charge in [-0.15, -0.1) is 8.58 Å². The molecule has 0 saturated heterocycles. The molecule has 0 heterocycles. The summed E-state index contributed by atoms with van der Waals surface area (Å²) < 4.78 is 0. The molecule has 0 unspecified atom stereocenters. The Hall–Kier alpha value is 0.973. The normalized spacial score (nSPS) is 9.50. The van der Waals surface area contributed by atoms with Gasteiger partial charge in [-0.3, -0.25) is 0 Å². The van der Waals surface area contributed by atoms with Crippen molar-refractivity contribution in [1.82, 2.24) is 0 Å². The van der Waals surface area contributed by atoms with E-state index in [1.807, 2.05) is 0 Å². The van der Waals surface area contributed by atoms with Gasteiger partial charge in [-0.05, 0) is 12.3 Å². The molecule has 2 heteroatoms. The minimum absolute atomic E-state index is 0.403. The molecule has 0 spiro atoms. The van der Waals surface area contributed by atoms with Crippen LogP contribution in [0.1, 0.15) is 34.6 Å². The second-order valence-electron chi connectivity index (χ2n) is 2.77. The predicted octanol–water partition coefficient (Wildman–Crippen LogP) is 4.25. The molecule has 0 aliphatic heterocycles. The zero-order valence-corrected chi connectivity index (χ0v) is 12.6. The van der Waals surface area contributed by atoms with Crippen LogP contribution in [0, 0.1) is 0 Å². The fourth-order valence-electron chi connectivity index (χ4n) is 1.000. The molecule has 0 aromatic rings. The van der Waals surface area contributed by atoms with Gasteiger partial charge < -0.3 is 0 Å². The van der Waals surface area contributed by atoms with Gasteiger partial charge in [0.05, 0.1) is 0 Å². The molecule has 0 amide bonds. The molecule has 0 aliphatic carbocycles. The molecule has 0 fully saturated rings. The van der Waals surface area contributed by atoms with Crippen molar-refractivity contribution in [1.29, 1.82) is 0 Å². The summed E-state index contributed by atoms with van der Waals surface area (Å²) in [6.45, 7) is 11.5. The van der Waals surface area contributed by atoms with Gasteiger partial charge in [0.15, 0.2) is 0 Å². The van der Waals surface area contributed by atoms with Crippen LogP contribution in [0.2, 0.25) is 15.8 Å². The van der Waals surface area contributed by atoms with Crippen LogP contribution in [-0.2, 0) is 0 Å². The number of hydrogen-bond donors (Lipinski definition) is 0. The van der Waals surface area contributed by atoms with E-state index in [4.69, 9.17) is 0 Å². The summed E-state index contributed by atoms with van der Waals surface area (Å²) >= 11 is -0.403. The average Bonchev–Trinajstić information content (AvgIpc) is 2.10. The molecule has 0 atom stereocenters. The van der Waals surface area contributed by atoms with E-state index in [0.29, 0.717) is 0 Å². The van der Waals surface area contributed by atoms with Gasteiger partial charge in [0.1, 0.15) is 0 Å². The molecular formula is C10H26GeP. The fraction of sp³-hybridized carbons (Fsp3) is 1.00. The van der Waals surface area contributed by atoms with Crippen LogP contribution in [-0.4, -0.2) is 26.7 Å². The van der Waals surface area contributed by atoms with E-state index in [1.165, 1.54) is 36.7 Å². The molecule has 0 aromatic heterocycles. The minimum atomic E-state index is -0.403. The van der Waals surface area contributed by atoms with Crippen LogP contribution < -0.4 is 0 Å². The van der Waals surface area contributed by atoms with E-state index in [9.17, 15) is 0 Å². The van der Waals surface area contributed by atoms with E-state index >= 15 is 0 Å². The summed E-state index contributed by atoms with van der Waals surface area (Å²) in [4.78, 5) is 0. The monoisotopic (exact) mass is 251 g/mol. The van der Waals surface area contributed by atoms with Gasteiger partial charge in [-0.1, -0.05) is 13.8 Å². The quantitative estimate of drug-likeness (QED) is 0.505. The summed E-state index contributed by atoms with van der Waals surface area (Å²) in [7, 11) is 1.20. The predicted molar refractivity (Wildman–Crippen MR) is 66.6 cm³/mol. The van der Waals surface area contributed by atoms with Gasteiger partial charge in [-0.25, -0.2) is 0 Å². The van der Waals surface area contributed by atoms with Gasteiger partial charge in [-0.2, -0.15) is 0 Å². The van der Waals surface area contributed by atoms with Crippen molar-refractivity contribution in [2.24, 2.45) is 0 Å². The Bertz CT molecular complexity index is 55.3. The second kappa shape index (κ2) is 14.5. The first kappa shape index (κ1) is 15.4. The Morgan fingerprint density at radius 2 is 1.08 bits per heavy atom. The van der Waals surface area contributed by atoms with Crippen LogP contribution in [0.4, 0.5) is 0 Å². The molecule has 0 saturated carbocycles. The molecule has 0 nitrogen and oxygen atoms in total.